The zero-order valence-electron chi connectivity index (χ0n) is 10.2. The molecule has 1 aromatic carbocycles. The lowest BCUT2D eigenvalue weighted by Gasteiger charge is -2.03. The number of hydrogen-bond acceptors (Lipinski definition) is 5. The molecule has 2 aromatic rings. The van der Waals surface area contributed by atoms with Crippen LogP contribution in [0.1, 0.15) is 31.4 Å². The van der Waals surface area contributed by atoms with E-state index in [0.29, 0.717) is 16.1 Å². The number of nitrogens with one attached hydrogen (secondary N) is 1. The van der Waals surface area contributed by atoms with Gasteiger partial charge in [-0.15, -0.1) is 11.3 Å². The maximum absolute atomic E-state index is 11.9. The minimum Gasteiger partial charge on any atom is -0.476 e. The first kappa shape index (κ1) is 13.7. The number of carbonyl (C=O) groups is 2. The molecular formula is C13H9N3O3S. The van der Waals surface area contributed by atoms with Crippen LogP contribution in [0, 0.1) is 11.3 Å². The lowest BCUT2D eigenvalue weighted by atomic mass is 10.1. The van der Waals surface area contributed by atoms with Crippen LogP contribution in [0.25, 0.3) is 0 Å². The molecule has 2 rings (SSSR count). The first-order valence-corrected chi connectivity index (χ1v) is 6.44. The number of aromatic nitrogens is 1. The summed E-state index contributed by atoms with van der Waals surface area (Å²) in [6.07, 6.45) is 0. The lowest BCUT2D eigenvalue weighted by molar-refractivity contribution is 0.0691. The van der Waals surface area contributed by atoms with Crippen LogP contribution in [0.2, 0.25) is 0 Å². The molecule has 20 heavy (non-hydrogen) atoms. The Hall–Kier alpha value is -2.72. The van der Waals surface area contributed by atoms with Gasteiger partial charge >= 0.3 is 5.97 Å². The third-order valence-corrected chi connectivity index (χ3v) is 3.27. The van der Waals surface area contributed by atoms with Gasteiger partial charge in [0.1, 0.15) is 5.01 Å². The topological polar surface area (TPSA) is 103 Å². The van der Waals surface area contributed by atoms with Gasteiger partial charge in [-0.3, -0.25) is 4.79 Å². The van der Waals surface area contributed by atoms with Crippen LogP contribution >= 0.6 is 11.3 Å². The van der Waals surface area contributed by atoms with Gasteiger partial charge in [0.05, 0.1) is 18.2 Å². The van der Waals surface area contributed by atoms with E-state index in [2.05, 4.69) is 10.3 Å². The zero-order valence-corrected chi connectivity index (χ0v) is 11.0. The van der Waals surface area contributed by atoms with Crippen LogP contribution in [0.3, 0.4) is 0 Å². The molecule has 1 amide bonds. The number of benzene rings is 1. The predicted octanol–water partition coefficient (Wildman–Crippen LogP) is 1.64. The van der Waals surface area contributed by atoms with Crippen LogP contribution in [0.5, 0.6) is 0 Å². The number of nitriles is 1. The number of carbonyl (C=O) groups excluding carboxylic acids is 1. The standard InChI is InChI=1S/C13H9N3O3S/c14-5-8-2-1-3-9(4-8)12(17)15-6-11-16-10(7-20-11)13(18)19/h1-4,7H,6H2,(H,15,17)(H,18,19). The summed E-state index contributed by atoms with van der Waals surface area (Å²) < 4.78 is 0. The highest BCUT2D eigenvalue weighted by molar-refractivity contribution is 7.09. The van der Waals surface area contributed by atoms with Crippen molar-refractivity contribution < 1.29 is 14.7 Å². The Morgan fingerprint density at radius 3 is 2.90 bits per heavy atom. The Labute approximate surface area is 118 Å². The number of nitrogens with zero attached hydrogens (tertiary/aromatic N) is 2. The van der Waals surface area contributed by atoms with E-state index in [9.17, 15) is 9.59 Å². The maximum Gasteiger partial charge on any atom is 0.355 e. The van der Waals surface area contributed by atoms with Crippen molar-refractivity contribution in [3.05, 3.63) is 51.5 Å². The second-order valence-electron chi connectivity index (χ2n) is 3.81. The summed E-state index contributed by atoms with van der Waals surface area (Å²) in [4.78, 5) is 26.4. The zero-order chi connectivity index (χ0) is 14.5. The fraction of sp³-hybridized carbons (Fsp3) is 0.0769. The number of thiazole rings is 1. The third-order valence-electron chi connectivity index (χ3n) is 2.42. The van der Waals surface area contributed by atoms with Crippen molar-refractivity contribution in [2.45, 2.75) is 6.54 Å². The average Bonchev–Trinajstić information content (AvgIpc) is 2.94. The van der Waals surface area contributed by atoms with Gasteiger partial charge in [-0.1, -0.05) is 6.07 Å². The fourth-order valence-electron chi connectivity index (χ4n) is 1.48. The van der Waals surface area contributed by atoms with Crippen molar-refractivity contribution in [3.8, 4) is 6.07 Å². The van der Waals surface area contributed by atoms with E-state index in [1.807, 2.05) is 6.07 Å². The molecule has 0 fully saturated rings. The summed E-state index contributed by atoms with van der Waals surface area (Å²) >= 11 is 1.16. The molecule has 2 N–H and O–H groups in total. The van der Waals surface area contributed by atoms with Crippen LogP contribution in [-0.4, -0.2) is 22.0 Å². The van der Waals surface area contributed by atoms with Gasteiger partial charge in [0.2, 0.25) is 0 Å². The summed E-state index contributed by atoms with van der Waals surface area (Å²) in [6, 6.07) is 8.27. The Morgan fingerprint density at radius 2 is 2.25 bits per heavy atom. The van der Waals surface area contributed by atoms with Crippen molar-refractivity contribution in [2.75, 3.05) is 0 Å². The quantitative estimate of drug-likeness (QED) is 0.889. The highest BCUT2D eigenvalue weighted by Crippen LogP contribution is 2.10. The molecule has 1 heterocycles. The van der Waals surface area contributed by atoms with E-state index in [4.69, 9.17) is 10.4 Å². The number of rotatable bonds is 4. The summed E-state index contributed by atoms with van der Waals surface area (Å²) in [5.74, 6) is -1.44. The summed E-state index contributed by atoms with van der Waals surface area (Å²) in [5.41, 5.74) is 0.741. The van der Waals surface area contributed by atoms with Gasteiger partial charge in [0.25, 0.3) is 5.91 Å². The van der Waals surface area contributed by atoms with Crippen LogP contribution in [-0.2, 0) is 6.54 Å². The molecule has 0 saturated heterocycles. The molecule has 0 saturated carbocycles. The van der Waals surface area contributed by atoms with Crippen molar-refractivity contribution in [3.63, 3.8) is 0 Å². The second kappa shape index (κ2) is 5.95. The van der Waals surface area contributed by atoms with Crippen LogP contribution < -0.4 is 5.32 Å². The number of amides is 1. The number of carboxylic acid groups (broad SMARTS) is 1. The molecule has 0 radical (unpaired) electrons. The van der Waals surface area contributed by atoms with Crippen molar-refractivity contribution in [1.82, 2.24) is 10.3 Å². The van der Waals surface area contributed by atoms with E-state index in [1.165, 1.54) is 11.4 Å². The minimum absolute atomic E-state index is 0.0364. The number of carboxylic acids is 1. The SMILES string of the molecule is N#Cc1cccc(C(=O)NCc2nc(C(=O)O)cs2)c1. The molecule has 100 valence electrons. The van der Waals surface area contributed by atoms with E-state index in [0.717, 1.165) is 11.3 Å². The first-order chi connectivity index (χ1) is 9.60. The molecule has 6 nitrogen and oxygen atoms in total. The fourth-order valence-corrected chi connectivity index (χ4v) is 2.19. The molecule has 0 atom stereocenters. The molecule has 0 bridgehead atoms. The van der Waals surface area contributed by atoms with Gasteiger partial charge in [-0.2, -0.15) is 5.26 Å². The van der Waals surface area contributed by atoms with Gasteiger partial charge in [0, 0.05) is 10.9 Å². The van der Waals surface area contributed by atoms with E-state index >= 15 is 0 Å². The van der Waals surface area contributed by atoms with E-state index in [1.54, 1.807) is 18.2 Å². The molecule has 0 aliphatic carbocycles. The Kier molecular flexibility index (Phi) is 4.08. The summed E-state index contributed by atoms with van der Waals surface area (Å²) in [5, 5.41) is 22.0. The molecule has 0 unspecified atom stereocenters. The lowest BCUT2D eigenvalue weighted by Crippen LogP contribution is -2.22. The maximum atomic E-state index is 11.9. The van der Waals surface area contributed by atoms with Gasteiger partial charge in [-0.05, 0) is 18.2 Å². The number of hydrogen-bond donors (Lipinski definition) is 2. The molecule has 0 aliphatic heterocycles. The minimum atomic E-state index is -1.10. The van der Waals surface area contributed by atoms with E-state index < -0.39 is 5.97 Å². The largest absolute Gasteiger partial charge is 0.476 e. The number of aromatic carboxylic acids is 1. The Balaban J connectivity index is 2.01. The highest BCUT2D eigenvalue weighted by atomic mass is 32.1. The predicted molar refractivity (Wildman–Crippen MR) is 71.4 cm³/mol. The Bertz CT molecular complexity index is 703. The van der Waals surface area contributed by atoms with Crippen molar-refractivity contribution in [1.29, 1.82) is 5.26 Å². The molecule has 1 aromatic heterocycles. The monoisotopic (exact) mass is 287 g/mol. The smallest absolute Gasteiger partial charge is 0.355 e. The van der Waals surface area contributed by atoms with Crippen LogP contribution in [0.4, 0.5) is 0 Å². The van der Waals surface area contributed by atoms with E-state index in [-0.39, 0.29) is 18.1 Å². The molecule has 7 heteroatoms. The molecule has 0 spiro atoms. The first-order valence-electron chi connectivity index (χ1n) is 5.56. The highest BCUT2D eigenvalue weighted by Gasteiger charge is 2.10. The van der Waals surface area contributed by atoms with Gasteiger partial charge in [-0.25, -0.2) is 9.78 Å². The average molecular weight is 287 g/mol. The van der Waals surface area contributed by atoms with Gasteiger partial charge < -0.3 is 10.4 Å². The normalized spacial score (nSPS) is 9.75. The molecular weight excluding hydrogens is 278 g/mol. The van der Waals surface area contributed by atoms with Crippen LogP contribution in [0.15, 0.2) is 29.6 Å². The molecule has 0 aliphatic rings. The summed E-state index contributed by atoms with van der Waals surface area (Å²) in [6.45, 7) is 0.146. The van der Waals surface area contributed by atoms with Gasteiger partial charge in [0.15, 0.2) is 5.69 Å². The van der Waals surface area contributed by atoms with Crippen molar-refractivity contribution in [2.24, 2.45) is 0 Å². The van der Waals surface area contributed by atoms with Crippen molar-refractivity contribution >= 4 is 23.2 Å². The second-order valence-corrected chi connectivity index (χ2v) is 4.75. The third kappa shape index (κ3) is 3.18. The Morgan fingerprint density at radius 1 is 1.45 bits per heavy atom. The summed E-state index contributed by atoms with van der Waals surface area (Å²) in [7, 11) is 0.